The fourth-order valence-corrected chi connectivity index (χ4v) is 2.88. The molecule has 0 bridgehead atoms. The minimum absolute atomic E-state index is 0.614. The standard InChI is InChI=1S/C14H16N4OS/c1-2-19-11-5-3-10(4-6-11)12-9-18-14(16-12)20-13(17-18)7-8-15/h3-6,9H,2,7-8,15H2,1H3. The number of nitrogens with zero attached hydrogens (tertiary/aromatic N) is 3. The highest BCUT2D eigenvalue weighted by Crippen LogP contribution is 2.24. The summed E-state index contributed by atoms with van der Waals surface area (Å²) >= 11 is 1.58. The van der Waals surface area contributed by atoms with Crippen molar-refractivity contribution in [3.8, 4) is 17.0 Å². The van der Waals surface area contributed by atoms with E-state index in [0.717, 1.165) is 33.4 Å². The normalized spacial score (nSPS) is 11.1. The smallest absolute Gasteiger partial charge is 0.212 e. The Morgan fingerprint density at radius 3 is 2.75 bits per heavy atom. The van der Waals surface area contributed by atoms with E-state index in [9.17, 15) is 0 Å². The van der Waals surface area contributed by atoms with E-state index in [4.69, 9.17) is 10.5 Å². The van der Waals surface area contributed by atoms with E-state index in [2.05, 4.69) is 10.1 Å². The van der Waals surface area contributed by atoms with Crippen LogP contribution >= 0.6 is 11.3 Å². The van der Waals surface area contributed by atoms with Gasteiger partial charge in [0.25, 0.3) is 0 Å². The first-order valence-corrected chi connectivity index (χ1v) is 7.40. The molecule has 20 heavy (non-hydrogen) atoms. The Bertz CT molecular complexity index is 670. The molecule has 0 aliphatic rings. The van der Waals surface area contributed by atoms with Crippen molar-refractivity contribution in [3.05, 3.63) is 35.5 Å². The molecule has 0 saturated carbocycles. The minimum Gasteiger partial charge on any atom is -0.494 e. The molecule has 3 aromatic rings. The van der Waals surface area contributed by atoms with E-state index >= 15 is 0 Å². The van der Waals surface area contributed by atoms with Crippen molar-refractivity contribution in [1.82, 2.24) is 14.6 Å². The van der Waals surface area contributed by atoms with E-state index in [-0.39, 0.29) is 0 Å². The van der Waals surface area contributed by atoms with Crippen LogP contribution in [0.15, 0.2) is 30.5 Å². The van der Waals surface area contributed by atoms with Crippen LogP contribution in [0.3, 0.4) is 0 Å². The third-order valence-corrected chi connectivity index (χ3v) is 3.89. The van der Waals surface area contributed by atoms with Crippen LogP contribution in [-0.2, 0) is 6.42 Å². The molecule has 0 radical (unpaired) electrons. The fourth-order valence-electron chi connectivity index (χ4n) is 1.99. The Hall–Kier alpha value is -1.92. The molecule has 0 amide bonds. The molecular weight excluding hydrogens is 272 g/mol. The van der Waals surface area contributed by atoms with Crippen LogP contribution in [0.5, 0.6) is 5.75 Å². The molecule has 0 atom stereocenters. The Morgan fingerprint density at radius 2 is 2.10 bits per heavy atom. The quantitative estimate of drug-likeness (QED) is 0.782. The van der Waals surface area contributed by atoms with Crippen molar-refractivity contribution in [2.75, 3.05) is 13.2 Å². The molecule has 6 heteroatoms. The molecule has 2 N–H and O–H groups in total. The van der Waals surface area contributed by atoms with E-state index in [1.54, 1.807) is 11.3 Å². The number of hydrogen-bond donors (Lipinski definition) is 1. The van der Waals surface area contributed by atoms with Gasteiger partial charge in [-0.2, -0.15) is 5.10 Å². The number of nitrogens with two attached hydrogens (primary N) is 1. The Morgan fingerprint density at radius 1 is 1.30 bits per heavy atom. The molecule has 0 aliphatic carbocycles. The monoisotopic (exact) mass is 288 g/mol. The molecule has 0 fully saturated rings. The van der Waals surface area contributed by atoms with Gasteiger partial charge in [0.15, 0.2) is 0 Å². The van der Waals surface area contributed by atoms with Gasteiger partial charge < -0.3 is 10.5 Å². The summed E-state index contributed by atoms with van der Waals surface area (Å²) in [6, 6.07) is 7.94. The van der Waals surface area contributed by atoms with Gasteiger partial charge in [0.2, 0.25) is 4.96 Å². The summed E-state index contributed by atoms with van der Waals surface area (Å²) in [5, 5.41) is 5.49. The average Bonchev–Trinajstić information content (AvgIpc) is 2.98. The van der Waals surface area contributed by atoms with Gasteiger partial charge in [0, 0.05) is 12.0 Å². The Labute approximate surface area is 121 Å². The lowest BCUT2D eigenvalue weighted by Crippen LogP contribution is -2.02. The molecule has 2 aromatic heterocycles. The van der Waals surface area contributed by atoms with Crippen LogP contribution in [0.1, 0.15) is 11.9 Å². The Kier molecular flexibility index (Phi) is 3.66. The number of imidazole rings is 1. The summed E-state index contributed by atoms with van der Waals surface area (Å²) in [6.07, 6.45) is 2.74. The van der Waals surface area contributed by atoms with Gasteiger partial charge in [-0.15, -0.1) is 0 Å². The molecule has 0 saturated heterocycles. The highest BCUT2D eigenvalue weighted by atomic mass is 32.1. The molecular formula is C14H16N4OS. The lowest BCUT2D eigenvalue weighted by Gasteiger charge is -2.02. The van der Waals surface area contributed by atoms with E-state index in [1.807, 2.05) is 41.9 Å². The van der Waals surface area contributed by atoms with Crippen LogP contribution in [0, 0.1) is 0 Å². The van der Waals surface area contributed by atoms with Crippen LogP contribution in [-0.4, -0.2) is 27.7 Å². The summed E-state index contributed by atoms with van der Waals surface area (Å²) in [7, 11) is 0. The lowest BCUT2D eigenvalue weighted by molar-refractivity contribution is 0.340. The maximum Gasteiger partial charge on any atom is 0.212 e. The van der Waals surface area contributed by atoms with Gasteiger partial charge in [-0.3, -0.25) is 0 Å². The van der Waals surface area contributed by atoms with E-state index in [0.29, 0.717) is 13.2 Å². The Balaban J connectivity index is 1.87. The fraction of sp³-hybridized carbons (Fsp3) is 0.286. The van der Waals surface area contributed by atoms with Crippen LogP contribution in [0.4, 0.5) is 0 Å². The van der Waals surface area contributed by atoms with E-state index in [1.165, 1.54) is 0 Å². The number of fused-ring (bicyclic) bond motifs is 1. The molecule has 0 aliphatic heterocycles. The minimum atomic E-state index is 0.614. The predicted octanol–water partition coefficient (Wildman–Crippen LogP) is 2.36. The van der Waals surface area contributed by atoms with Crippen LogP contribution in [0.2, 0.25) is 0 Å². The molecule has 1 aromatic carbocycles. The van der Waals surface area contributed by atoms with Gasteiger partial charge >= 0.3 is 0 Å². The summed E-state index contributed by atoms with van der Waals surface area (Å²) in [5.74, 6) is 0.876. The second-order valence-corrected chi connectivity index (χ2v) is 5.39. The van der Waals surface area contributed by atoms with Gasteiger partial charge in [0.1, 0.15) is 10.8 Å². The van der Waals surface area contributed by atoms with Crippen LogP contribution < -0.4 is 10.5 Å². The van der Waals surface area contributed by atoms with Crippen molar-refractivity contribution in [1.29, 1.82) is 0 Å². The first-order valence-electron chi connectivity index (χ1n) is 6.58. The van der Waals surface area contributed by atoms with E-state index < -0.39 is 0 Å². The maximum atomic E-state index is 5.54. The van der Waals surface area contributed by atoms with Crippen LogP contribution in [0.25, 0.3) is 16.2 Å². The zero-order chi connectivity index (χ0) is 13.9. The third kappa shape index (κ3) is 2.52. The zero-order valence-corrected chi connectivity index (χ0v) is 12.1. The topological polar surface area (TPSA) is 65.4 Å². The SMILES string of the molecule is CCOc1ccc(-c2cn3nc(CCN)sc3n2)cc1. The summed E-state index contributed by atoms with van der Waals surface area (Å²) in [5.41, 5.74) is 7.52. The maximum absolute atomic E-state index is 5.54. The molecule has 2 heterocycles. The van der Waals surface area contributed by atoms with Crippen molar-refractivity contribution in [2.24, 2.45) is 5.73 Å². The largest absolute Gasteiger partial charge is 0.494 e. The molecule has 0 unspecified atom stereocenters. The first kappa shape index (κ1) is 13.1. The van der Waals surface area contributed by atoms with Crippen molar-refractivity contribution >= 4 is 16.3 Å². The number of aromatic nitrogens is 3. The second kappa shape index (κ2) is 5.60. The second-order valence-electron chi connectivity index (χ2n) is 4.35. The highest BCUT2D eigenvalue weighted by Gasteiger charge is 2.09. The summed E-state index contributed by atoms with van der Waals surface area (Å²) in [4.78, 5) is 5.50. The van der Waals surface area contributed by atoms with Crippen molar-refractivity contribution < 1.29 is 4.74 Å². The van der Waals surface area contributed by atoms with Gasteiger partial charge in [-0.25, -0.2) is 9.50 Å². The van der Waals surface area contributed by atoms with Gasteiger partial charge in [0.05, 0.1) is 18.5 Å². The molecule has 0 spiro atoms. The third-order valence-electron chi connectivity index (χ3n) is 2.90. The lowest BCUT2D eigenvalue weighted by atomic mass is 10.2. The molecule has 5 nitrogen and oxygen atoms in total. The summed E-state index contributed by atoms with van der Waals surface area (Å²) in [6.45, 7) is 3.26. The average molecular weight is 288 g/mol. The zero-order valence-electron chi connectivity index (χ0n) is 11.2. The highest BCUT2D eigenvalue weighted by molar-refractivity contribution is 7.16. The number of hydrogen-bond acceptors (Lipinski definition) is 5. The number of benzene rings is 1. The van der Waals surface area contributed by atoms with Gasteiger partial charge in [-0.05, 0) is 37.7 Å². The summed E-state index contributed by atoms with van der Waals surface area (Å²) < 4.78 is 7.26. The van der Waals surface area contributed by atoms with Gasteiger partial charge in [-0.1, -0.05) is 11.3 Å². The number of rotatable bonds is 5. The predicted molar refractivity (Wildman–Crippen MR) is 80.2 cm³/mol. The first-order chi connectivity index (χ1) is 9.80. The van der Waals surface area contributed by atoms with Crippen molar-refractivity contribution in [2.45, 2.75) is 13.3 Å². The molecule has 3 rings (SSSR count). The van der Waals surface area contributed by atoms with Crippen molar-refractivity contribution in [3.63, 3.8) is 0 Å². The number of ether oxygens (including phenoxy) is 1. The molecule has 104 valence electrons.